The minimum absolute atomic E-state index is 0.0464. The number of rotatable bonds is 6. The van der Waals surface area contributed by atoms with E-state index in [4.69, 9.17) is 10.5 Å². The number of thioether (sulfide) groups is 1. The number of fused-ring (bicyclic) bond motifs is 1. The van der Waals surface area contributed by atoms with E-state index >= 15 is 0 Å². The molecule has 1 fully saturated rings. The van der Waals surface area contributed by atoms with Gasteiger partial charge in [-0.1, -0.05) is 18.7 Å². The molecule has 1 saturated heterocycles. The van der Waals surface area contributed by atoms with Crippen LogP contribution in [0.25, 0.3) is 11.2 Å². The summed E-state index contributed by atoms with van der Waals surface area (Å²) in [5.74, 6) is 0.654. The molecule has 150 valence electrons. The molecule has 11 heteroatoms. The highest BCUT2D eigenvalue weighted by molar-refractivity contribution is 7.99. The molecule has 2 aromatic rings. The van der Waals surface area contributed by atoms with Crippen molar-refractivity contribution in [3.05, 3.63) is 10.4 Å². The zero-order valence-corrected chi connectivity index (χ0v) is 17.3. The molecule has 0 amide bonds. The van der Waals surface area contributed by atoms with Crippen LogP contribution in [0.4, 0.5) is 5.95 Å². The van der Waals surface area contributed by atoms with Crippen LogP contribution in [0, 0.1) is 0 Å². The van der Waals surface area contributed by atoms with Gasteiger partial charge in [0.25, 0.3) is 5.56 Å². The second-order valence-electron chi connectivity index (χ2n) is 7.32. The van der Waals surface area contributed by atoms with Crippen molar-refractivity contribution in [3.63, 3.8) is 0 Å². The van der Waals surface area contributed by atoms with Crippen LogP contribution in [-0.4, -0.2) is 79.6 Å². The Morgan fingerprint density at radius 3 is 2.70 bits per heavy atom. The number of nitrogens with zero attached hydrogens (tertiary/aromatic N) is 3. The number of ether oxygens (including phenoxy) is 1. The Labute approximate surface area is 161 Å². The number of nitrogen functional groups attached to an aromatic ring is 1. The molecule has 5 N–H and O–H groups in total. The number of imidazole rings is 1. The average molecular weight is 415 g/mol. The SMILES string of the molecule is C=P(C)(C)CC[C@H]1O[C@@H](n2c(SCC)nc3c(=O)[nH]c(N)nc32)[C@H](O)[C@@H]1O. The largest absolute Gasteiger partial charge is 0.388 e. The van der Waals surface area contributed by atoms with E-state index in [-0.39, 0.29) is 17.1 Å². The highest BCUT2D eigenvalue weighted by Crippen LogP contribution is 2.40. The first-order valence-corrected chi connectivity index (χ1v) is 12.8. The van der Waals surface area contributed by atoms with E-state index < -0.39 is 37.0 Å². The molecule has 0 aromatic carbocycles. The molecular formula is C16H26N5O4PS. The Morgan fingerprint density at radius 1 is 1.37 bits per heavy atom. The van der Waals surface area contributed by atoms with Crippen LogP contribution in [0.1, 0.15) is 19.6 Å². The van der Waals surface area contributed by atoms with Crippen molar-refractivity contribution in [2.75, 3.05) is 31.0 Å². The quantitative estimate of drug-likeness (QED) is 0.396. The third-order valence-electron chi connectivity index (χ3n) is 4.42. The molecule has 1 aliphatic heterocycles. The molecule has 3 rings (SSSR count). The van der Waals surface area contributed by atoms with Gasteiger partial charge in [-0.05, 0) is 31.7 Å². The van der Waals surface area contributed by atoms with Crippen LogP contribution < -0.4 is 11.3 Å². The van der Waals surface area contributed by atoms with Crippen molar-refractivity contribution in [2.24, 2.45) is 0 Å². The number of aliphatic hydroxyl groups excluding tert-OH is 2. The molecule has 4 atom stereocenters. The zero-order chi connectivity index (χ0) is 19.9. The molecule has 0 spiro atoms. The van der Waals surface area contributed by atoms with Gasteiger partial charge < -0.3 is 20.7 Å². The molecule has 0 bridgehead atoms. The van der Waals surface area contributed by atoms with E-state index in [1.807, 2.05) is 6.92 Å². The number of hydrogen-bond donors (Lipinski definition) is 4. The van der Waals surface area contributed by atoms with Gasteiger partial charge in [-0.2, -0.15) is 4.98 Å². The van der Waals surface area contributed by atoms with Gasteiger partial charge in [-0.15, -0.1) is 13.2 Å². The van der Waals surface area contributed by atoms with E-state index in [0.717, 1.165) is 6.16 Å². The second-order valence-corrected chi connectivity index (χ2v) is 12.9. The smallest absolute Gasteiger partial charge is 0.280 e. The normalized spacial score (nSPS) is 26.1. The topological polar surface area (TPSA) is 139 Å². The lowest BCUT2D eigenvalue weighted by Gasteiger charge is -2.19. The summed E-state index contributed by atoms with van der Waals surface area (Å²) in [7, 11) is 0. The first-order chi connectivity index (χ1) is 12.6. The number of nitrogens with two attached hydrogens (primary N) is 1. The Kier molecular flexibility index (Phi) is 5.74. The van der Waals surface area contributed by atoms with Crippen molar-refractivity contribution < 1.29 is 14.9 Å². The summed E-state index contributed by atoms with van der Waals surface area (Å²) in [5.41, 5.74) is 5.59. The second kappa shape index (κ2) is 7.60. The van der Waals surface area contributed by atoms with Crippen LogP contribution >= 0.6 is 18.6 Å². The van der Waals surface area contributed by atoms with E-state index in [1.165, 1.54) is 11.8 Å². The predicted molar refractivity (Wildman–Crippen MR) is 110 cm³/mol. The van der Waals surface area contributed by atoms with E-state index in [2.05, 4.69) is 34.6 Å². The Hall–Kier alpha value is -1.32. The van der Waals surface area contributed by atoms with Crippen molar-refractivity contribution in [2.45, 2.75) is 43.0 Å². The maximum absolute atomic E-state index is 12.2. The molecule has 27 heavy (non-hydrogen) atoms. The molecule has 3 heterocycles. The summed E-state index contributed by atoms with van der Waals surface area (Å²) < 4.78 is 7.57. The summed E-state index contributed by atoms with van der Waals surface area (Å²) in [5, 5.41) is 21.6. The number of aliphatic hydroxyl groups is 2. The third-order valence-corrected chi connectivity index (χ3v) is 6.72. The average Bonchev–Trinajstić information content (AvgIpc) is 3.04. The van der Waals surface area contributed by atoms with Gasteiger partial charge in [-0.3, -0.25) is 14.3 Å². The molecule has 2 aromatic heterocycles. The molecule has 0 unspecified atom stereocenters. The first kappa shape index (κ1) is 20.4. The van der Waals surface area contributed by atoms with Crippen LogP contribution in [0.2, 0.25) is 0 Å². The van der Waals surface area contributed by atoms with E-state index in [9.17, 15) is 15.0 Å². The van der Waals surface area contributed by atoms with Gasteiger partial charge in [0.05, 0.1) is 6.10 Å². The van der Waals surface area contributed by atoms with Gasteiger partial charge in [0, 0.05) is 0 Å². The summed E-state index contributed by atoms with van der Waals surface area (Å²) in [6.07, 6.45) is 1.97. The summed E-state index contributed by atoms with van der Waals surface area (Å²) >= 11 is 1.39. The Bertz CT molecular complexity index is 939. The zero-order valence-electron chi connectivity index (χ0n) is 15.6. The fraction of sp³-hybridized carbons (Fsp3) is 0.625. The lowest BCUT2D eigenvalue weighted by atomic mass is 10.1. The number of hydrogen-bond acceptors (Lipinski definition) is 8. The van der Waals surface area contributed by atoms with Crippen LogP contribution in [0.5, 0.6) is 0 Å². The first-order valence-electron chi connectivity index (χ1n) is 8.72. The molecule has 1 aliphatic rings. The van der Waals surface area contributed by atoms with Gasteiger partial charge in [-0.25, -0.2) is 4.98 Å². The summed E-state index contributed by atoms with van der Waals surface area (Å²) in [6, 6.07) is 0. The van der Waals surface area contributed by atoms with Gasteiger partial charge >= 0.3 is 0 Å². The molecule has 0 radical (unpaired) electrons. The molecule has 9 nitrogen and oxygen atoms in total. The number of aromatic amines is 1. The fourth-order valence-electron chi connectivity index (χ4n) is 3.10. The molecular weight excluding hydrogens is 389 g/mol. The lowest BCUT2D eigenvalue weighted by Crippen LogP contribution is -2.32. The van der Waals surface area contributed by atoms with Crippen LogP contribution in [0.3, 0.4) is 0 Å². The summed E-state index contributed by atoms with van der Waals surface area (Å²) in [4.78, 5) is 23.1. The minimum atomic E-state index is -1.29. The van der Waals surface area contributed by atoms with E-state index in [1.54, 1.807) is 4.57 Å². The van der Waals surface area contributed by atoms with Gasteiger partial charge in [0.15, 0.2) is 22.5 Å². The number of anilines is 1. The number of nitrogens with one attached hydrogen (secondary N) is 1. The third kappa shape index (κ3) is 4.09. The molecule has 0 saturated carbocycles. The predicted octanol–water partition coefficient (Wildman–Crippen LogP) is 0.532. The standard InChI is InChI=1S/C16H26N5O4PS/c1-5-27-16-18-9-12(19-15(17)20-13(9)24)21(16)14-11(23)10(22)8(25-14)6-7-26(2,3)4/h8,10-11,14,22-23H,2,5-7H2,1,3-4H3,(H3,17,19,20,24)/t8-,10-,11-,14-/m1/s1. The molecule has 0 aliphatic carbocycles. The number of H-pyrrole nitrogens is 1. The Morgan fingerprint density at radius 2 is 2.07 bits per heavy atom. The van der Waals surface area contributed by atoms with E-state index in [0.29, 0.717) is 17.3 Å². The minimum Gasteiger partial charge on any atom is -0.388 e. The maximum atomic E-state index is 12.2. The Balaban J connectivity index is 2.02. The van der Waals surface area contributed by atoms with Crippen LogP contribution in [-0.2, 0) is 4.74 Å². The highest BCUT2D eigenvalue weighted by atomic mass is 32.2. The van der Waals surface area contributed by atoms with Crippen LogP contribution in [0.15, 0.2) is 9.95 Å². The van der Waals surface area contributed by atoms with Gasteiger partial charge in [0.1, 0.15) is 12.2 Å². The van der Waals surface area contributed by atoms with Crippen molar-refractivity contribution >= 4 is 42.1 Å². The lowest BCUT2D eigenvalue weighted by molar-refractivity contribution is -0.0400. The van der Waals surface area contributed by atoms with Crippen molar-refractivity contribution in [1.29, 1.82) is 0 Å². The van der Waals surface area contributed by atoms with Gasteiger partial charge in [0.2, 0.25) is 5.95 Å². The van der Waals surface area contributed by atoms with Crippen molar-refractivity contribution in [1.82, 2.24) is 19.5 Å². The number of aromatic nitrogens is 4. The van der Waals surface area contributed by atoms with Crippen molar-refractivity contribution in [3.8, 4) is 0 Å². The summed E-state index contributed by atoms with van der Waals surface area (Å²) in [6.45, 7) is 4.88. The monoisotopic (exact) mass is 415 g/mol. The fourth-order valence-corrected chi connectivity index (χ4v) is 4.80. The highest BCUT2D eigenvalue weighted by Gasteiger charge is 2.45. The maximum Gasteiger partial charge on any atom is 0.280 e.